The molecule has 31 heavy (non-hydrogen) atoms. The molecule has 0 aliphatic carbocycles. The molecule has 166 valence electrons. The molecule has 0 saturated carbocycles. The van der Waals surface area contributed by atoms with Gasteiger partial charge in [0.2, 0.25) is 0 Å². The van der Waals surface area contributed by atoms with E-state index in [9.17, 15) is 40.5 Å². The number of hydrogen-bond acceptors (Lipinski definition) is 5. The quantitative estimate of drug-likeness (QED) is 0.460. The molecule has 0 aliphatic rings. The number of carbonyl (C=O) groups excluding carboxylic acids is 2. The van der Waals surface area contributed by atoms with Crippen LogP contribution in [0.3, 0.4) is 0 Å². The predicted octanol–water partition coefficient (Wildman–Crippen LogP) is 1.74. The Morgan fingerprint density at radius 2 is 1.48 bits per heavy atom. The molecule has 4 N–H and O–H groups in total. The summed E-state index contributed by atoms with van der Waals surface area (Å²) in [5, 5.41) is 13.0. The molecular formula is C18H15F3N2O7S. The van der Waals surface area contributed by atoms with Gasteiger partial charge >= 0.3 is 18.1 Å². The second kappa shape index (κ2) is 9.14. The van der Waals surface area contributed by atoms with E-state index in [-0.39, 0.29) is 23.2 Å². The molecular weight excluding hydrogens is 445 g/mol. The largest absolute Gasteiger partial charge is 0.478 e. The second-order valence-corrected chi connectivity index (χ2v) is 7.55. The van der Waals surface area contributed by atoms with Crippen LogP contribution in [-0.2, 0) is 28.0 Å². The summed E-state index contributed by atoms with van der Waals surface area (Å²) in [6, 6.07) is 8.17. The first-order valence-corrected chi connectivity index (χ1v) is 9.79. The Labute approximate surface area is 173 Å². The fraction of sp³-hybridized carbons (Fsp3) is 0.167. The van der Waals surface area contributed by atoms with Crippen LogP contribution in [0.1, 0.15) is 31.8 Å². The molecule has 13 heteroatoms. The maximum absolute atomic E-state index is 12.2. The van der Waals surface area contributed by atoms with E-state index in [1.165, 1.54) is 24.3 Å². The van der Waals surface area contributed by atoms with Crippen LogP contribution in [0.4, 0.5) is 13.2 Å². The van der Waals surface area contributed by atoms with Crippen molar-refractivity contribution in [2.45, 2.75) is 24.2 Å². The molecule has 0 radical (unpaired) electrons. The van der Waals surface area contributed by atoms with Crippen molar-refractivity contribution in [1.29, 1.82) is 0 Å². The lowest BCUT2D eigenvalue weighted by molar-refractivity contribution is -0.173. The summed E-state index contributed by atoms with van der Waals surface area (Å²) in [6.07, 6.45) is -5.01. The molecule has 2 amide bonds. The molecule has 2 aromatic carbocycles. The Morgan fingerprint density at radius 1 is 0.903 bits per heavy atom. The first-order valence-electron chi connectivity index (χ1n) is 8.35. The molecule has 9 nitrogen and oxygen atoms in total. The summed E-state index contributed by atoms with van der Waals surface area (Å²) in [6.45, 7) is -0.773. The zero-order valence-electron chi connectivity index (χ0n) is 15.4. The Hall–Kier alpha value is -3.45. The van der Waals surface area contributed by atoms with Gasteiger partial charge < -0.3 is 15.7 Å². The van der Waals surface area contributed by atoms with Gasteiger partial charge in [-0.2, -0.15) is 21.6 Å². The monoisotopic (exact) mass is 460 g/mol. The van der Waals surface area contributed by atoms with Crippen molar-refractivity contribution < 1.29 is 45.6 Å². The standard InChI is InChI=1S/C18H15F3N2O7S/c19-18(20,21)17(27)23-8-10-1-3-11(4-2-10)15(24)22-9-13-6-5-12(16(25)26)7-14(13)31(28,29)30/h1-7H,8-9H2,(H,22,24)(H,23,27)(H,25,26)(H,28,29,30). The number of carbonyl (C=O) groups is 3. The minimum Gasteiger partial charge on any atom is -0.478 e. The number of benzene rings is 2. The van der Waals surface area contributed by atoms with Gasteiger partial charge in [0.05, 0.1) is 10.5 Å². The second-order valence-electron chi connectivity index (χ2n) is 6.16. The normalized spacial score (nSPS) is 11.6. The molecule has 0 saturated heterocycles. The average molecular weight is 460 g/mol. The van der Waals surface area contributed by atoms with Crippen molar-refractivity contribution in [1.82, 2.24) is 10.6 Å². The van der Waals surface area contributed by atoms with Crippen molar-refractivity contribution in [2.24, 2.45) is 0 Å². The highest BCUT2D eigenvalue weighted by Crippen LogP contribution is 2.18. The molecule has 0 bridgehead atoms. The van der Waals surface area contributed by atoms with Gasteiger partial charge in [-0.15, -0.1) is 0 Å². The third-order valence-electron chi connectivity index (χ3n) is 3.96. The van der Waals surface area contributed by atoms with Gasteiger partial charge in [0.1, 0.15) is 0 Å². The Kier molecular flexibility index (Phi) is 7.02. The number of alkyl halides is 3. The van der Waals surface area contributed by atoms with Gasteiger partial charge in [0.25, 0.3) is 16.0 Å². The van der Waals surface area contributed by atoms with Crippen molar-refractivity contribution in [3.05, 3.63) is 64.7 Å². The maximum Gasteiger partial charge on any atom is 0.471 e. The first-order chi connectivity index (χ1) is 14.3. The van der Waals surface area contributed by atoms with Crippen LogP contribution < -0.4 is 10.6 Å². The number of carboxylic acids is 1. The van der Waals surface area contributed by atoms with E-state index in [1.54, 1.807) is 5.32 Å². The highest BCUT2D eigenvalue weighted by atomic mass is 32.2. The van der Waals surface area contributed by atoms with E-state index >= 15 is 0 Å². The molecule has 0 heterocycles. The number of hydrogen-bond donors (Lipinski definition) is 4. The third-order valence-corrected chi connectivity index (χ3v) is 4.89. The van der Waals surface area contributed by atoms with Crippen LogP contribution in [0.15, 0.2) is 47.4 Å². The van der Waals surface area contributed by atoms with E-state index in [4.69, 9.17) is 5.11 Å². The lowest BCUT2D eigenvalue weighted by atomic mass is 10.1. The highest BCUT2D eigenvalue weighted by Gasteiger charge is 2.38. The maximum atomic E-state index is 12.2. The number of amides is 2. The molecule has 0 aromatic heterocycles. The number of halogens is 3. The molecule has 0 fully saturated rings. The van der Waals surface area contributed by atoms with Crippen molar-refractivity contribution in [3.63, 3.8) is 0 Å². The molecule has 2 aromatic rings. The molecule has 0 spiro atoms. The van der Waals surface area contributed by atoms with Gasteiger partial charge in [0, 0.05) is 18.7 Å². The molecule has 0 atom stereocenters. The lowest BCUT2D eigenvalue weighted by Gasteiger charge is -2.11. The summed E-state index contributed by atoms with van der Waals surface area (Å²) in [7, 11) is -4.76. The van der Waals surface area contributed by atoms with Crippen LogP contribution >= 0.6 is 0 Å². The van der Waals surface area contributed by atoms with Crippen LogP contribution in [-0.4, -0.2) is 42.0 Å². The zero-order valence-corrected chi connectivity index (χ0v) is 16.2. The van der Waals surface area contributed by atoms with Gasteiger partial charge in [-0.3, -0.25) is 14.1 Å². The van der Waals surface area contributed by atoms with E-state index in [1.807, 2.05) is 0 Å². The molecule has 2 rings (SSSR count). The Morgan fingerprint density at radius 3 is 2.00 bits per heavy atom. The summed E-state index contributed by atoms with van der Waals surface area (Å²) < 4.78 is 68.8. The van der Waals surface area contributed by atoms with Crippen molar-refractivity contribution in [2.75, 3.05) is 0 Å². The predicted molar refractivity (Wildman–Crippen MR) is 98.7 cm³/mol. The fourth-order valence-electron chi connectivity index (χ4n) is 2.41. The van der Waals surface area contributed by atoms with E-state index in [2.05, 4.69) is 5.32 Å². The van der Waals surface area contributed by atoms with Crippen LogP contribution in [0.25, 0.3) is 0 Å². The van der Waals surface area contributed by atoms with Crippen molar-refractivity contribution in [3.8, 4) is 0 Å². The minimum absolute atomic E-state index is 0.0627. The number of nitrogens with one attached hydrogen (secondary N) is 2. The minimum atomic E-state index is -5.01. The van der Waals surface area contributed by atoms with E-state index in [0.717, 1.165) is 18.2 Å². The van der Waals surface area contributed by atoms with Gasteiger partial charge in [-0.05, 0) is 35.4 Å². The SMILES string of the molecule is O=C(O)c1ccc(CNC(=O)c2ccc(CNC(=O)C(F)(F)F)cc2)c(S(=O)(=O)O)c1. The topological polar surface area (TPSA) is 150 Å². The van der Waals surface area contributed by atoms with Crippen LogP contribution in [0.2, 0.25) is 0 Å². The van der Waals surface area contributed by atoms with Gasteiger partial charge in [0.15, 0.2) is 0 Å². The van der Waals surface area contributed by atoms with Gasteiger partial charge in [-0.25, -0.2) is 4.79 Å². The third kappa shape index (κ3) is 6.52. The summed E-state index contributed by atoms with van der Waals surface area (Å²) in [5.74, 6) is -4.18. The molecule has 0 aliphatic heterocycles. The average Bonchev–Trinajstić information content (AvgIpc) is 2.68. The van der Waals surface area contributed by atoms with E-state index in [0.29, 0.717) is 5.56 Å². The van der Waals surface area contributed by atoms with Gasteiger partial charge in [-0.1, -0.05) is 18.2 Å². The zero-order chi connectivity index (χ0) is 23.4. The summed E-state index contributed by atoms with van der Waals surface area (Å²) in [4.78, 5) is 33.3. The molecule has 0 unspecified atom stereocenters. The van der Waals surface area contributed by atoms with E-state index < -0.39 is 45.5 Å². The lowest BCUT2D eigenvalue weighted by Crippen LogP contribution is -2.36. The Bertz CT molecular complexity index is 1110. The number of aromatic carboxylic acids is 1. The van der Waals surface area contributed by atoms with Crippen molar-refractivity contribution >= 4 is 27.9 Å². The van der Waals surface area contributed by atoms with Crippen LogP contribution in [0, 0.1) is 0 Å². The fourth-order valence-corrected chi connectivity index (χ4v) is 3.16. The van der Waals surface area contributed by atoms with Crippen LogP contribution in [0.5, 0.6) is 0 Å². The number of rotatable bonds is 7. The summed E-state index contributed by atoms with van der Waals surface area (Å²) >= 11 is 0. The first kappa shape index (κ1) is 23.8. The highest BCUT2D eigenvalue weighted by molar-refractivity contribution is 7.85. The Balaban J connectivity index is 2.06. The summed E-state index contributed by atoms with van der Waals surface area (Å²) in [5.41, 5.74) is -0.0585. The number of carboxylic acid groups (broad SMARTS) is 1. The smallest absolute Gasteiger partial charge is 0.471 e.